The number of alkyl halides is 3. The molecule has 2 aromatic carbocycles. The second-order valence-corrected chi connectivity index (χ2v) is 6.32. The van der Waals surface area contributed by atoms with Crippen molar-refractivity contribution in [3.63, 3.8) is 0 Å². The molecule has 0 aliphatic heterocycles. The van der Waals surface area contributed by atoms with E-state index in [1.165, 1.54) is 24.3 Å². The zero-order valence-corrected chi connectivity index (χ0v) is 15.2. The summed E-state index contributed by atoms with van der Waals surface area (Å²) in [6.45, 7) is 1.87. The highest BCUT2D eigenvalue weighted by atomic mass is 19.4. The van der Waals surface area contributed by atoms with Crippen LogP contribution in [-0.2, 0) is 0 Å². The minimum atomic E-state index is -4.73. The third-order valence-electron chi connectivity index (χ3n) is 4.15. The molecular weight excluding hydrogens is 383 g/mol. The van der Waals surface area contributed by atoms with Crippen molar-refractivity contribution in [2.45, 2.75) is 13.3 Å². The zero-order chi connectivity index (χ0) is 20.6. The molecule has 0 saturated carbocycles. The number of imidazole rings is 1. The van der Waals surface area contributed by atoms with Crippen LogP contribution in [0.5, 0.6) is 5.75 Å². The van der Waals surface area contributed by atoms with Gasteiger partial charge in [-0.25, -0.2) is 9.97 Å². The van der Waals surface area contributed by atoms with Crippen molar-refractivity contribution in [3.05, 3.63) is 66.5 Å². The number of ether oxygens (including phenoxy) is 1. The van der Waals surface area contributed by atoms with Crippen molar-refractivity contribution in [2.75, 3.05) is 11.1 Å². The number of pyridine rings is 1. The summed E-state index contributed by atoms with van der Waals surface area (Å²) >= 11 is 0. The second-order valence-electron chi connectivity index (χ2n) is 6.32. The maximum atomic E-state index is 12.3. The van der Waals surface area contributed by atoms with Gasteiger partial charge in [0.15, 0.2) is 0 Å². The zero-order valence-electron chi connectivity index (χ0n) is 15.2. The molecule has 0 saturated heterocycles. The molecule has 4 rings (SSSR count). The Kier molecular flexibility index (Phi) is 4.50. The molecule has 0 unspecified atom stereocenters. The number of nitrogens with one attached hydrogen (secondary N) is 1. The quantitative estimate of drug-likeness (QED) is 0.508. The first-order valence-electron chi connectivity index (χ1n) is 8.63. The highest BCUT2D eigenvalue weighted by Gasteiger charge is 2.30. The number of nitrogen functional groups attached to an aromatic ring is 1. The molecule has 9 heteroatoms. The van der Waals surface area contributed by atoms with Crippen LogP contribution >= 0.6 is 0 Å². The summed E-state index contributed by atoms with van der Waals surface area (Å²) in [5, 5.41) is 3.04. The SMILES string of the molecule is Cc1nc2ccccc2n1-c1cc(N)cc(Nc2ccc(OC(F)(F)F)cc2)n1. The smallest absolute Gasteiger partial charge is 0.406 e. The number of hydrogen-bond donors (Lipinski definition) is 2. The van der Waals surface area contributed by atoms with Gasteiger partial charge in [-0.05, 0) is 43.3 Å². The first kappa shape index (κ1) is 18.6. The van der Waals surface area contributed by atoms with Gasteiger partial charge in [-0.1, -0.05) is 12.1 Å². The van der Waals surface area contributed by atoms with E-state index in [2.05, 4.69) is 20.0 Å². The van der Waals surface area contributed by atoms with Crippen LogP contribution < -0.4 is 15.8 Å². The molecule has 0 spiro atoms. The van der Waals surface area contributed by atoms with Crippen molar-refractivity contribution >= 4 is 28.2 Å². The van der Waals surface area contributed by atoms with Gasteiger partial charge < -0.3 is 15.8 Å². The van der Waals surface area contributed by atoms with Crippen LogP contribution in [0, 0.1) is 6.92 Å². The summed E-state index contributed by atoms with van der Waals surface area (Å²) in [4.78, 5) is 9.11. The topological polar surface area (TPSA) is 78.0 Å². The van der Waals surface area contributed by atoms with Gasteiger partial charge in [0.2, 0.25) is 0 Å². The Bertz CT molecular complexity index is 1170. The van der Waals surface area contributed by atoms with Crippen molar-refractivity contribution < 1.29 is 17.9 Å². The van der Waals surface area contributed by atoms with Gasteiger partial charge >= 0.3 is 6.36 Å². The standard InChI is InChI=1S/C20H16F3N5O/c1-12-25-16-4-2-3-5-17(16)28(12)19-11-13(24)10-18(27-19)26-14-6-8-15(9-7-14)29-20(21,22)23/h2-11H,1H3,(H3,24,26,27). The van der Waals surface area contributed by atoms with Crippen LogP contribution in [0.3, 0.4) is 0 Å². The van der Waals surface area contributed by atoms with E-state index in [9.17, 15) is 13.2 Å². The number of hydrogen-bond acceptors (Lipinski definition) is 5. The van der Waals surface area contributed by atoms with Crippen molar-refractivity contribution in [1.82, 2.24) is 14.5 Å². The third kappa shape index (κ3) is 4.08. The number of rotatable bonds is 4. The van der Waals surface area contributed by atoms with E-state index in [0.29, 0.717) is 23.0 Å². The molecule has 6 nitrogen and oxygen atoms in total. The number of aromatic nitrogens is 3. The molecule has 0 bridgehead atoms. The lowest BCUT2D eigenvalue weighted by atomic mass is 10.3. The molecule has 0 aliphatic rings. The Labute approximate surface area is 163 Å². The van der Waals surface area contributed by atoms with Crippen LogP contribution in [0.15, 0.2) is 60.7 Å². The largest absolute Gasteiger partial charge is 0.573 e. The molecule has 0 fully saturated rings. The second kappa shape index (κ2) is 7.01. The molecule has 4 aromatic rings. The van der Waals surface area contributed by atoms with Crippen LogP contribution in [0.4, 0.5) is 30.4 Å². The Hall–Kier alpha value is -3.75. The number of halogens is 3. The van der Waals surface area contributed by atoms with E-state index in [0.717, 1.165) is 16.9 Å². The van der Waals surface area contributed by atoms with E-state index in [4.69, 9.17) is 5.73 Å². The summed E-state index contributed by atoms with van der Waals surface area (Å²) in [7, 11) is 0. The van der Waals surface area contributed by atoms with Crippen LogP contribution in [0.25, 0.3) is 16.9 Å². The molecule has 3 N–H and O–H groups in total. The van der Waals surface area contributed by atoms with E-state index >= 15 is 0 Å². The highest BCUT2D eigenvalue weighted by Crippen LogP contribution is 2.27. The van der Waals surface area contributed by atoms with Crippen LogP contribution in [-0.4, -0.2) is 20.9 Å². The number of anilines is 3. The molecule has 0 atom stereocenters. The maximum Gasteiger partial charge on any atom is 0.573 e. The van der Waals surface area contributed by atoms with Gasteiger partial charge in [0, 0.05) is 23.5 Å². The lowest BCUT2D eigenvalue weighted by Crippen LogP contribution is -2.17. The number of aryl methyl sites for hydroxylation is 1. The summed E-state index contributed by atoms with van der Waals surface area (Å²) in [5.41, 5.74) is 8.79. The van der Waals surface area contributed by atoms with Crippen molar-refractivity contribution in [1.29, 1.82) is 0 Å². The number of nitrogens with two attached hydrogens (primary N) is 1. The Morgan fingerprint density at radius 3 is 2.45 bits per heavy atom. The van der Waals surface area contributed by atoms with Gasteiger partial charge in [-0.15, -0.1) is 13.2 Å². The molecular formula is C20H16F3N5O. The van der Waals surface area contributed by atoms with Crippen molar-refractivity contribution in [2.24, 2.45) is 0 Å². The van der Waals surface area contributed by atoms with Crippen LogP contribution in [0.2, 0.25) is 0 Å². The average molecular weight is 399 g/mol. The van der Waals surface area contributed by atoms with Crippen LogP contribution in [0.1, 0.15) is 5.82 Å². The number of para-hydroxylation sites is 2. The Balaban J connectivity index is 1.65. The number of fused-ring (bicyclic) bond motifs is 1. The maximum absolute atomic E-state index is 12.3. The van der Waals surface area contributed by atoms with E-state index in [-0.39, 0.29) is 5.75 Å². The van der Waals surface area contributed by atoms with Gasteiger partial charge in [-0.2, -0.15) is 0 Å². The number of nitrogens with zero attached hydrogens (tertiary/aromatic N) is 3. The fourth-order valence-electron chi connectivity index (χ4n) is 3.04. The molecule has 0 aliphatic carbocycles. The normalized spacial score (nSPS) is 11.6. The first-order chi connectivity index (χ1) is 13.8. The molecule has 2 aromatic heterocycles. The van der Waals surface area contributed by atoms with Gasteiger partial charge in [-0.3, -0.25) is 4.57 Å². The predicted molar refractivity (Wildman–Crippen MR) is 104 cm³/mol. The molecule has 0 amide bonds. The van der Waals surface area contributed by atoms with Gasteiger partial charge in [0.1, 0.15) is 23.2 Å². The fourth-order valence-corrected chi connectivity index (χ4v) is 3.04. The molecule has 2 heterocycles. The Morgan fingerprint density at radius 2 is 1.72 bits per heavy atom. The van der Waals surface area contributed by atoms with Gasteiger partial charge in [0.05, 0.1) is 11.0 Å². The minimum absolute atomic E-state index is 0.301. The average Bonchev–Trinajstić information content (AvgIpc) is 2.97. The lowest BCUT2D eigenvalue weighted by Gasteiger charge is -2.12. The predicted octanol–water partition coefficient (Wildman–Crippen LogP) is 4.95. The molecule has 148 valence electrons. The fraction of sp³-hybridized carbons (Fsp3) is 0.100. The Morgan fingerprint density at radius 1 is 1.00 bits per heavy atom. The first-order valence-corrected chi connectivity index (χ1v) is 8.63. The molecule has 29 heavy (non-hydrogen) atoms. The summed E-state index contributed by atoms with van der Waals surface area (Å²) in [5.74, 6) is 1.48. The number of benzene rings is 2. The summed E-state index contributed by atoms with van der Waals surface area (Å²) < 4.78 is 42.6. The monoisotopic (exact) mass is 399 g/mol. The van der Waals surface area contributed by atoms with E-state index < -0.39 is 6.36 Å². The molecule has 0 radical (unpaired) electrons. The van der Waals surface area contributed by atoms with E-state index in [1.807, 2.05) is 35.8 Å². The third-order valence-corrected chi connectivity index (χ3v) is 4.15. The van der Waals surface area contributed by atoms with E-state index in [1.54, 1.807) is 12.1 Å². The summed E-state index contributed by atoms with van der Waals surface area (Å²) in [6.07, 6.45) is -4.73. The summed E-state index contributed by atoms with van der Waals surface area (Å²) in [6, 6.07) is 16.4. The van der Waals surface area contributed by atoms with Gasteiger partial charge in [0.25, 0.3) is 0 Å². The highest BCUT2D eigenvalue weighted by molar-refractivity contribution is 5.78. The minimum Gasteiger partial charge on any atom is -0.406 e. The lowest BCUT2D eigenvalue weighted by molar-refractivity contribution is -0.274. The van der Waals surface area contributed by atoms with Crippen molar-refractivity contribution in [3.8, 4) is 11.6 Å².